The van der Waals surface area contributed by atoms with Crippen LogP contribution in [-0.2, 0) is 12.0 Å². The molecule has 7 heteroatoms. The molecule has 1 aromatic heterocycles. The van der Waals surface area contributed by atoms with Crippen molar-refractivity contribution in [2.75, 3.05) is 0 Å². The smallest absolute Gasteiger partial charge is 0.353 e. The lowest BCUT2D eigenvalue weighted by molar-refractivity contribution is 0.0697. The van der Waals surface area contributed by atoms with Crippen molar-refractivity contribution in [2.24, 2.45) is 5.92 Å². The highest BCUT2D eigenvalue weighted by atomic mass is 16.4. The molecular weight excluding hydrogens is 442 g/mol. The van der Waals surface area contributed by atoms with E-state index in [9.17, 15) is 19.5 Å². The standard InChI is InChI=1S/C28H33N3O4/c1-28(2,3)26-29-31(24(32)17-19-9-5-4-6-10-19)27(35)30(26)18-20-13-15-21(16-14-20)22-11-7-8-12-23(22)25(33)34/h7-8,11-16,19H,4-6,9-10,17-18H2,1-3H3,(H,33,34). The number of hydrogen-bond donors (Lipinski definition) is 1. The minimum Gasteiger partial charge on any atom is -0.478 e. The van der Waals surface area contributed by atoms with E-state index in [4.69, 9.17) is 0 Å². The van der Waals surface area contributed by atoms with Crippen LogP contribution < -0.4 is 5.69 Å². The molecule has 1 aliphatic rings. The molecule has 1 N–H and O–H groups in total. The molecular formula is C28H33N3O4. The first kappa shape index (κ1) is 24.6. The first-order valence-corrected chi connectivity index (χ1v) is 12.3. The van der Waals surface area contributed by atoms with E-state index in [1.54, 1.807) is 22.8 Å². The van der Waals surface area contributed by atoms with E-state index >= 15 is 0 Å². The van der Waals surface area contributed by atoms with E-state index in [1.807, 2.05) is 51.1 Å². The van der Waals surface area contributed by atoms with E-state index in [2.05, 4.69) is 5.10 Å². The lowest BCUT2D eigenvalue weighted by atomic mass is 9.87. The Morgan fingerprint density at radius 2 is 1.66 bits per heavy atom. The van der Waals surface area contributed by atoms with Gasteiger partial charge in [-0.25, -0.2) is 9.59 Å². The Morgan fingerprint density at radius 1 is 1.00 bits per heavy atom. The van der Waals surface area contributed by atoms with Crippen molar-refractivity contribution in [3.8, 4) is 11.1 Å². The highest BCUT2D eigenvalue weighted by molar-refractivity contribution is 5.96. The number of benzene rings is 2. The number of carbonyl (C=O) groups is 2. The summed E-state index contributed by atoms with van der Waals surface area (Å²) in [6, 6.07) is 14.4. The number of rotatable bonds is 6. The van der Waals surface area contributed by atoms with E-state index in [-0.39, 0.29) is 18.0 Å². The summed E-state index contributed by atoms with van der Waals surface area (Å²) in [4.78, 5) is 37.9. The summed E-state index contributed by atoms with van der Waals surface area (Å²) >= 11 is 0. The number of aromatic nitrogens is 3. The quantitative estimate of drug-likeness (QED) is 0.517. The Morgan fingerprint density at radius 3 is 2.29 bits per heavy atom. The Kier molecular flexibility index (Phi) is 7.05. The molecule has 0 aliphatic heterocycles. The largest absolute Gasteiger partial charge is 0.478 e. The Hall–Kier alpha value is -3.48. The molecule has 0 amide bonds. The third-order valence-corrected chi connectivity index (χ3v) is 6.72. The van der Waals surface area contributed by atoms with Gasteiger partial charge in [-0.1, -0.05) is 82.5 Å². The van der Waals surface area contributed by atoms with Gasteiger partial charge in [0.05, 0.1) is 12.1 Å². The number of hydrogen-bond acceptors (Lipinski definition) is 4. The maximum Gasteiger partial charge on any atom is 0.353 e. The first-order valence-electron chi connectivity index (χ1n) is 12.3. The van der Waals surface area contributed by atoms with Crippen molar-refractivity contribution < 1.29 is 14.7 Å². The number of nitrogens with zero attached hydrogens (tertiary/aromatic N) is 3. The molecule has 35 heavy (non-hydrogen) atoms. The summed E-state index contributed by atoms with van der Waals surface area (Å²) in [7, 11) is 0. The van der Waals surface area contributed by atoms with Crippen LogP contribution in [0.15, 0.2) is 53.3 Å². The molecule has 0 saturated heterocycles. The molecule has 0 unspecified atom stereocenters. The average Bonchev–Trinajstić information content (AvgIpc) is 3.17. The Labute approximate surface area is 205 Å². The SMILES string of the molecule is CC(C)(C)c1nn(C(=O)CC2CCCCC2)c(=O)n1Cc1ccc(-c2ccccc2C(=O)O)cc1. The van der Waals surface area contributed by atoms with Crippen LogP contribution in [-0.4, -0.2) is 31.3 Å². The minimum absolute atomic E-state index is 0.230. The number of carbonyl (C=O) groups excluding carboxylic acids is 1. The molecule has 1 heterocycles. The van der Waals surface area contributed by atoms with Crippen molar-refractivity contribution in [3.05, 3.63) is 76.0 Å². The number of aromatic carboxylic acids is 1. The molecule has 184 valence electrons. The first-order chi connectivity index (χ1) is 16.6. The monoisotopic (exact) mass is 475 g/mol. The lowest BCUT2D eigenvalue weighted by Crippen LogP contribution is -2.32. The van der Waals surface area contributed by atoms with Gasteiger partial charge in [-0.05, 0) is 41.5 Å². The van der Waals surface area contributed by atoms with E-state index in [0.717, 1.165) is 41.5 Å². The Balaban J connectivity index is 1.62. The lowest BCUT2D eigenvalue weighted by Gasteiger charge is -2.20. The number of carboxylic acids is 1. The van der Waals surface area contributed by atoms with E-state index in [0.29, 0.717) is 23.7 Å². The van der Waals surface area contributed by atoms with Gasteiger partial charge in [-0.15, -0.1) is 9.78 Å². The molecule has 0 spiro atoms. The van der Waals surface area contributed by atoms with Crippen molar-refractivity contribution in [1.82, 2.24) is 14.3 Å². The Bertz CT molecular complexity index is 1270. The molecule has 1 saturated carbocycles. The fourth-order valence-corrected chi connectivity index (χ4v) is 4.87. The highest BCUT2D eigenvalue weighted by Gasteiger charge is 2.28. The summed E-state index contributed by atoms with van der Waals surface area (Å²) in [5.41, 5.74) is 1.71. The molecule has 3 aromatic rings. The fraction of sp³-hybridized carbons (Fsp3) is 0.429. The maximum atomic E-state index is 13.3. The minimum atomic E-state index is -0.976. The normalized spacial score (nSPS) is 14.7. The topological polar surface area (TPSA) is 94.2 Å². The predicted octanol–water partition coefficient (Wildman–Crippen LogP) is 5.37. The summed E-state index contributed by atoms with van der Waals surface area (Å²) in [6.07, 6.45) is 5.92. The van der Waals surface area contributed by atoms with Gasteiger partial charge in [0.2, 0.25) is 0 Å². The van der Waals surface area contributed by atoms with Crippen LogP contribution in [0.4, 0.5) is 0 Å². The molecule has 2 aromatic carbocycles. The van der Waals surface area contributed by atoms with Crippen molar-refractivity contribution >= 4 is 11.9 Å². The molecule has 1 aliphatic carbocycles. The zero-order chi connectivity index (χ0) is 25.2. The third-order valence-electron chi connectivity index (χ3n) is 6.72. The van der Waals surface area contributed by atoms with Crippen LogP contribution in [0.2, 0.25) is 0 Å². The van der Waals surface area contributed by atoms with Crippen LogP contribution in [0.25, 0.3) is 11.1 Å². The van der Waals surface area contributed by atoms with Gasteiger partial charge < -0.3 is 5.11 Å². The average molecular weight is 476 g/mol. The van der Waals surface area contributed by atoms with Gasteiger partial charge in [0, 0.05) is 11.8 Å². The van der Waals surface area contributed by atoms with Crippen LogP contribution in [0, 0.1) is 5.92 Å². The molecule has 0 atom stereocenters. The maximum absolute atomic E-state index is 13.3. The van der Waals surface area contributed by atoms with Gasteiger partial charge in [-0.3, -0.25) is 9.36 Å². The van der Waals surface area contributed by atoms with Gasteiger partial charge in [0.1, 0.15) is 5.82 Å². The molecule has 4 rings (SSSR count). The zero-order valence-electron chi connectivity index (χ0n) is 20.7. The van der Waals surface area contributed by atoms with Gasteiger partial charge >= 0.3 is 11.7 Å². The molecule has 1 fully saturated rings. The highest BCUT2D eigenvalue weighted by Crippen LogP contribution is 2.27. The predicted molar refractivity (Wildman–Crippen MR) is 135 cm³/mol. The van der Waals surface area contributed by atoms with Crippen molar-refractivity contribution in [3.63, 3.8) is 0 Å². The van der Waals surface area contributed by atoms with Gasteiger partial charge in [-0.2, -0.15) is 0 Å². The molecule has 0 bridgehead atoms. The summed E-state index contributed by atoms with van der Waals surface area (Å²) < 4.78 is 2.64. The summed E-state index contributed by atoms with van der Waals surface area (Å²) in [5.74, 6) is -0.310. The third kappa shape index (κ3) is 5.45. The second-order valence-electron chi connectivity index (χ2n) is 10.5. The second-order valence-corrected chi connectivity index (χ2v) is 10.5. The van der Waals surface area contributed by atoms with Crippen LogP contribution in [0.3, 0.4) is 0 Å². The fourth-order valence-electron chi connectivity index (χ4n) is 4.87. The summed E-state index contributed by atoms with van der Waals surface area (Å²) in [6.45, 7) is 6.22. The van der Waals surface area contributed by atoms with Crippen LogP contribution in [0.5, 0.6) is 0 Å². The van der Waals surface area contributed by atoms with E-state index < -0.39 is 17.1 Å². The van der Waals surface area contributed by atoms with Crippen molar-refractivity contribution in [1.29, 1.82) is 0 Å². The summed E-state index contributed by atoms with van der Waals surface area (Å²) in [5, 5.41) is 14.0. The van der Waals surface area contributed by atoms with Gasteiger partial charge in [0.15, 0.2) is 0 Å². The van der Waals surface area contributed by atoms with Gasteiger partial charge in [0.25, 0.3) is 5.91 Å². The van der Waals surface area contributed by atoms with Crippen molar-refractivity contribution in [2.45, 2.75) is 71.3 Å². The van der Waals surface area contributed by atoms with E-state index in [1.165, 1.54) is 6.42 Å². The van der Waals surface area contributed by atoms with Crippen LogP contribution >= 0.6 is 0 Å². The molecule has 0 radical (unpaired) electrons. The zero-order valence-corrected chi connectivity index (χ0v) is 20.7. The molecule has 7 nitrogen and oxygen atoms in total. The second kappa shape index (κ2) is 10.0. The van der Waals surface area contributed by atoms with Crippen LogP contribution in [0.1, 0.15) is 85.8 Å². The number of carboxylic acid groups (broad SMARTS) is 1.